The summed E-state index contributed by atoms with van der Waals surface area (Å²) in [5.74, 6) is 1.07. The molecule has 9 heteroatoms. The maximum Gasteiger partial charge on any atom is 0.219 e. The number of thiazole rings is 1. The van der Waals surface area contributed by atoms with Crippen LogP contribution in [-0.4, -0.2) is 26.1 Å². The van der Waals surface area contributed by atoms with Crippen molar-refractivity contribution in [2.24, 2.45) is 5.10 Å². The van der Waals surface area contributed by atoms with Crippen molar-refractivity contribution in [3.05, 3.63) is 63.5 Å². The van der Waals surface area contributed by atoms with Crippen LogP contribution >= 0.6 is 35.2 Å². The Morgan fingerprint density at radius 1 is 1.28 bits per heavy atom. The van der Waals surface area contributed by atoms with Crippen LogP contribution in [0.2, 0.25) is 5.02 Å². The number of nitrogens with one attached hydrogen (secondary N) is 1. The number of hydrogen-bond acceptors (Lipinski definition) is 6. The van der Waals surface area contributed by atoms with Crippen molar-refractivity contribution in [1.82, 2.24) is 19.9 Å². The Balaban J connectivity index is 1.62. The third-order valence-electron chi connectivity index (χ3n) is 3.31. The molecule has 6 nitrogen and oxygen atoms in total. The molecule has 0 bridgehead atoms. The lowest BCUT2D eigenvalue weighted by atomic mass is 10.2. The number of H-pyrrole nitrogens is 1. The van der Waals surface area contributed by atoms with Gasteiger partial charge in [0.1, 0.15) is 5.01 Å². The van der Waals surface area contributed by atoms with Crippen LogP contribution in [-0.2, 0) is 0 Å². The Hall–Kier alpha value is -2.55. The van der Waals surface area contributed by atoms with Gasteiger partial charge >= 0.3 is 0 Å². The first-order valence-corrected chi connectivity index (χ1v) is 8.84. The minimum absolute atomic E-state index is 0.371. The first-order valence-electron chi connectivity index (χ1n) is 7.18. The van der Waals surface area contributed by atoms with Gasteiger partial charge in [-0.05, 0) is 36.5 Å². The average molecular weight is 388 g/mol. The number of hydrogen-bond donors (Lipinski definition) is 1. The minimum atomic E-state index is 0.371. The van der Waals surface area contributed by atoms with E-state index in [0.29, 0.717) is 21.4 Å². The third-order valence-corrected chi connectivity index (χ3v) is 4.74. The van der Waals surface area contributed by atoms with Gasteiger partial charge in [0.2, 0.25) is 10.6 Å². The van der Waals surface area contributed by atoms with Crippen LogP contribution in [0.25, 0.3) is 22.2 Å². The van der Waals surface area contributed by atoms with Gasteiger partial charge in [0, 0.05) is 16.0 Å². The number of furan rings is 1. The number of aromatic nitrogens is 4. The summed E-state index contributed by atoms with van der Waals surface area (Å²) in [4.78, 5) is 4.56. The molecule has 124 valence electrons. The van der Waals surface area contributed by atoms with Crippen LogP contribution in [0.1, 0.15) is 5.69 Å². The molecule has 0 aliphatic heterocycles. The lowest BCUT2D eigenvalue weighted by Gasteiger charge is -1.96. The van der Waals surface area contributed by atoms with E-state index in [1.807, 2.05) is 29.6 Å². The molecule has 4 rings (SSSR count). The van der Waals surface area contributed by atoms with Gasteiger partial charge in [-0.15, -0.1) is 16.4 Å². The van der Waals surface area contributed by atoms with E-state index in [1.54, 1.807) is 24.6 Å². The van der Waals surface area contributed by atoms with Gasteiger partial charge in [-0.3, -0.25) is 0 Å². The Bertz CT molecular complexity index is 1080. The first kappa shape index (κ1) is 15.9. The van der Waals surface area contributed by atoms with Crippen LogP contribution in [0.4, 0.5) is 0 Å². The number of benzene rings is 1. The summed E-state index contributed by atoms with van der Waals surface area (Å²) in [5.41, 5.74) is 1.73. The highest BCUT2D eigenvalue weighted by molar-refractivity contribution is 7.71. The van der Waals surface area contributed by atoms with E-state index in [1.165, 1.54) is 16.0 Å². The summed E-state index contributed by atoms with van der Waals surface area (Å²) in [5, 5.41) is 14.7. The van der Waals surface area contributed by atoms with Crippen LogP contribution < -0.4 is 0 Å². The fraction of sp³-hybridized carbons (Fsp3) is 0. The fourth-order valence-electron chi connectivity index (χ4n) is 2.15. The van der Waals surface area contributed by atoms with E-state index >= 15 is 0 Å². The Morgan fingerprint density at radius 2 is 2.12 bits per heavy atom. The molecule has 0 atom stereocenters. The second kappa shape index (κ2) is 6.75. The Morgan fingerprint density at radius 3 is 2.88 bits per heavy atom. The largest absolute Gasteiger partial charge is 0.461 e. The molecule has 0 amide bonds. The lowest BCUT2D eigenvalue weighted by Crippen LogP contribution is -1.94. The molecule has 3 heterocycles. The number of nitrogens with zero attached hydrogens (tertiary/aromatic N) is 4. The molecule has 0 aliphatic rings. The standard InChI is InChI=1S/C16H10ClN5OS2/c17-11-5-3-10(4-6-11)15-19-12(9-25-15)8-18-22-14(20-21-16(22)24)13-2-1-7-23-13/h1-9H,(H,21,24)/b18-8-. The van der Waals surface area contributed by atoms with Crippen molar-refractivity contribution in [1.29, 1.82) is 0 Å². The van der Waals surface area contributed by atoms with E-state index in [0.717, 1.165) is 16.3 Å². The summed E-state index contributed by atoms with van der Waals surface area (Å²) in [6, 6.07) is 11.1. The quantitative estimate of drug-likeness (QED) is 0.401. The zero-order chi connectivity index (χ0) is 17.2. The molecule has 0 radical (unpaired) electrons. The van der Waals surface area contributed by atoms with Crippen molar-refractivity contribution >= 4 is 41.4 Å². The van der Waals surface area contributed by atoms with Crippen molar-refractivity contribution < 1.29 is 4.42 Å². The SMILES string of the molecule is S=c1[nH]nc(-c2ccco2)n1/N=C\c1csc(-c2ccc(Cl)cc2)n1. The summed E-state index contributed by atoms with van der Waals surface area (Å²) in [7, 11) is 0. The first-order chi connectivity index (χ1) is 12.2. The molecule has 4 aromatic rings. The Kier molecular flexibility index (Phi) is 4.31. The zero-order valence-corrected chi connectivity index (χ0v) is 15.0. The molecule has 0 saturated carbocycles. The Labute approximate surface area is 156 Å². The van der Waals surface area contributed by atoms with Gasteiger partial charge in [0.15, 0.2) is 5.76 Å². The molecule has 1 aromatic carbocycles. The second-order valence-electron chi connectivity index (χ2n) is 4.97. The molecule has 3 aromatic heterocycles. The average Bonchev–Trinajstić information content (AvgIpc) is 3.34. The van der Waals surface area contributed by atoms with Gasteiger partial charge in [-0.2, -0.15) is 9.78 Å². The monoisotopic (exact) mass is 387 g/mol. The van der Waals surface area contributed by atoms with Gasteiger partial charge in [0.05, 0.1) is 18.2 Å². The minimum Gasteiger partial charge on any atom is -0.461 e. The van der Waals surface area contributed by atoms with Gasteiger partial charge in [-0.1, -0.05) is 23.7 Å². The smallest absolute Gasteiger partial charge is 0.219 e. The zero-order valence-electron chi connectivity index (χ0n) is 12.6. The van der Waals surface area contributed by atoms with E-state index in [-0.39, 0.29) is 0 Å². The van der Waals surface area contributed by atoms with Gasteiger partial charge in [0.25, 0.3) is 0 Å². The molecule has 1 N–H and O–H groups in total. The molecule has 0 fully saturated rings. The molecular weight excluding hydrogens is 378 g/mol. The molecule has 0 spiro atoms. The highest BCUT2D eigenvalue weighted by atomic mass is 35.5. The number of aromatic amines is 1. The molecule has 0 aliphatic carbocycles. The molecule has 0 saturated heterocycles. The van der Waals surface area contributed by atoms with Crippen molar-refractivity contribution in [3.63, 3.8) is 0 Å². The van der Waals surface area contributed by atoms with E-state index in [2.05, 4.69) is 20.3 Å². The highest BCUT2D eigenvalue weighted by Gasteiger charge is 2.10. The molecule has 25 heavy (non-hydrogen) atoms. The summed E-state index contributed by atoms with van der Waals surface area (Å²) in [6.45, 7) is 0. The van der Waals surface area contributed by atoms with Crippen LogP contribution in [0, 0.1) is 4.77 Å². The number of rotatable bonds is 4. The maximum absolute atomic E-state index is 5.92. The summed E-state index contributed by atoms with van der Waals surface area (Å²) in [6.07, 6.45) is 3.20. The second-order valence-corrected chi connectivity index (χ2v) is 6.65. The van der Waals surface area contributed by atoms with Crippen LogP contribution in [0.15, 0.2) is 57.6 Å². The normalized spacial score (nSPS) is 11.4. The maximum atomic E-state index is 5.92. The predicted molar refractivity (Wildman–Crippen MR) is 101 cm³/mol. The van der Waals surface area contributed by atoms with E-state index < -0.39 is 0 Å². The lowest BCUT2D eigenvalue weighted by molar-refractivity contribution is 0.573. The predicted octanol–water partition coefficient (Wildman–Crippen LogP) is 4.86. The van der Waals surface area contributed by atoms with Crippen molar-refractivity contribution in [2.75, 3.05) is 0 Å². The van der Waals surface area contributed by atoms with Crippen LogP contribution in [0.3, 0.4) is 0 Å². The molecular formula is C16H10ClN5OS2. The molecule has 0 unspecified atom stereocenters. The number of halogens is 1. The van der Waals surface area contributed by atoms with Gasteiger partial charge < -0.3 is 4.42 Å². The van der Waals surface area contributed by atoms with Crippen molar-refractivity contribution in [2.45, 2.75) is 0 Å². The van der Waals surface area contributed by atoms with E-state index in [4.69, 9.17) is 28.2 Å². The summed E-state index contributed by atoms with van der Waals surface area (Å²) >= 11 is 12.7. The fourth-order valence-corrected chi connectivity index (χ4v) is 3.23. The highest BCUT2D eigenvalue weighted by Crippen LogP contribution is 2.24. The summed E-state index contributed by atoms with van der Waals surface area (Å²) < 4.78 is 7.22. The third kappa shape index (κ3) is 3.32. The topological polar surface area (TPSA) is 72.0 Å². The van der Waals surface area contributed by atoms with E-state index in [9.17, 15) is 0 Å². The van der Waals surface area contributed by atoms with Gasteiger partial charge in [-0.25, -0.2) is 10.1 Å². The van der Waals surface area contributed by atoms with Crippen LogP contribution in [0.5, 0.6) is 0 Å². The van der Waals surface area contributed by atoms with Crippen molar-refractivity contribution in [3.8, 4) is 22.2 Å².